The van der Waals surface area contributed by atoms with Crippen LogP contribution in [0.1, 0.15) is 29.8 Å². The first-order chi connectivity index (χ1) is 17.0. The fourth-order valence-electron chi connectivity index (χ4n) is 4.03. The molecule has 182 valence electrons. The van der Waals surface area contributed by atoms with Crippen molar-refractivity contribution >= 4 is 17.6 Å². The average molecular weight is 480 g/mol. The van der Waals surface area contributed by atoms with Gasteiger partial charge in [0.05, 0.1) is 12.2 Å². The van der Waals surface area contributed by atoms with Gasteiger partial charge in [0.1, 0.15) is 29.7 Å². The summed E-state index contributed by atoms with van der Waals surface area (Å²) < 4.78 is 23.8. The molecule has 0 bridgehead atoms. The molecule has 0 saturated heterocycles. The number of carbonyl (C=O) groups is 2. The Morgan fingerprint density at radius 1 is 1.09 bits per heavy atom. The molecule has 9 nitrogen and oxygen atoms in total. The van der Waals surface area contributed by atoms with Crippen LogP contribution in [-0.4, -0.2) is 53.1 Å². The molecule has 2 amide bonds. The third kappa shape index (κ3) is 6.36. The van der Waals surface area contributed by atoms with Crippen molar-refractivity contribution in [3.8, 4) is 17.1 Å². The van der Waals surface area contributed by atoms with Crippen LogP contribution in [0.2, 0.25) is 0 Å². The van der Waals surface area contributed by atoms with E-state index in [0.29, 0.717) is 23.7 Å². The Hall–Kier alpha value is -3.92. The molecule has 2 N–H and O–H groups in total. The predicted molar refractivity (Wildman–Crippen MR) is 126 cm³/mol. The first-order valence-corrected chi connectivity index (χ1v) is 11.3. The molecule has 0 unspecified atom stereocenters. The molecule has 35 heavy (non-hydrogen) atoms. The molecule has 2 atom stereocenters. The second-order valence-electron chi connectivity index (χ2n) is 8.18. The van der Waals surface area contributed by atoms with Crippen LogP contribution < -0.4 is 15.4 Å². The molecule has 1 fully saturated rings. The van der Waals surface area contributed by atoms with Crippen molar-refractivity contribution < 1.29 is 23.5 Å². The van der Waals surface area contributed by atoms with Crippen molar-refractivity contribution in [2.75, 3.05) is 25.6 Å². The van der Waals surface area contributed by atoms with Crippen LogP contribution in [0.4, 0.5) is 10.2 Å². The van der Waals surface area contributed by atoms with Gasteiger partial charge >= 0.3 is 0 Å². The van der Waals surface area contributed by atoms with E-state index >= 15 is 0 Å². The van der Waals surface area contributed by atoms with Gasteiger partial charge in [-0.15, -0.1) is 0 Å². The van der Waals surface area contributed by atoms with E-state index in [0.717, 1.165) is 19.3 Å². The van der Waals surface area contributed by atoms with Crippen LogP contribution in [0.15, 0.2) is 54.9 Å². The largest absolute Gasteiger partial charge is 0.493 e. The fourth-order valence-corrected chi connectivity index (χ4v) is 4.03. The first-order valence-electron chi connectivity index (χ1n) is 11.3. The first kappa shape index (κ1) is 24.2. The van der Waals surface area contributed by atoms with Gasteiger partial charge in [0.2, 0.25) is 0 Å². The number of benzene rings is 1. The number of nitrogens with zero attached hydrogens (tertiary/aromatic N) is 3. The summed E-state index contributed by atoms with van der Waals surface area (Å²) in [6.45, 7) is 0.260. The Morgan fingerprint density at radius 2 is 1.86 bits per heavy atom. The highest BCUT2D eigenvalue weighted by atomic mass is 19.1. The zero-order chi connectivity index (χ0) is 24.6. The van der Waals surface area contributed by atoms with Crippen molar-refractivity contribution in [1.82, 2.24) is 20.3 Å². The minimum atomic E-state index is -0.394. The van der Waals surface area contributed by atoms with E-state index in [9.17, 15) is 14.0 Å². The lowest BCUT2D eigenvalue weighted by molar-refractivity contribution is -0.119. The Bertz CT molecular complexity index is 1160. The highest BCUT2D eigenvalue weighted by Crippen LogP contribution is 2.28. The third-order valence-electron chi connectivity index (χ3n) is 5.71. The standard InChI is InChI=1S/C25H26FN5O4/c1-34-15-22(32)30-21-11-10-19(24-27-12-3-13-28-24)23(31-21)25(33)29-20-5-2-4-16(20)14-35-18-8-6-17(26)7-9-18/h3,6-13,16,20H,2,4-5,14-15H2,1H3,(H,29,33)(H,30,31,32)/t16-,20+/m1/s1. The Balaban J connectivity index is 1.51. The molecule has 2 heterocycles. The lowest BCUT2D eigenvalue weighted by Gasteiger charge is -2.22. The van der Waals surface area contributed by atoms with Crippen molar-refractivity contribution in [3.05, 3.63) is 66.4 Å². The van der Waals surface area contributed by atoms with Crippen LogP contribution in [-0.2, 0) is 9.53 Å². The van der Waals surface area contributed by atoms with Gasteiger partial charge in [-0.05, 0) is 55.3 Å². The molecule has 3 aromatic rings. The normalized spacial score (nSPS) is 17.1. The van der Waals surface area contributed by atoms with Gasteiger partial charge in [0, 0.05) is 31.5 Å². The lowest BCUT2D eigenvalue weighted by atomic mass is 10.0. The summed E-state index contributed by atoms with van der Waals surface area (Å²) in [5, 5.41) is 5.69. The average Bonchev–Trinajstić information content (AvgIpc) is 3.31. The maximum atomic E-state index is 13.4. The van der Waals surface area contributed by atoms with Gasteiger partial charge in [-0.1, -0.05) is 6.42 Å². The number of halogens is 1. The van der Waals surface area contributed by atoms with E-state index in [4.69, 9.17) is 9.47 Å². The zero-order valence-corrected chi connectivity index (χ0v) is 19.2. The van der Waals surface area contributed by atoms with Crippen LogP contribution in [0, 0.1) is 11.7 Å². The molecule has 1 aliphatic rings. The summed E-state index contributed by atoms with van der Waals surface area (Å²) in [7, 11) is 1.42. The summed E-state index contributed by atoms with van der Waals surface area (Å²) in [5.41, 5.74) is 0.557. The quantitative estimate of drug-likeness (QED) is 0.484. The number of nitrogens with one attached hydrogen (secondary N) is 2. The molecule has 4 rings (SSSR count). The second-order valence-corrected chi connectivity index (χ2v) is 8.18. The zero-order valence-electron chi connectivity index (χ0n) is 19.2. The summed E-state index contributed by atoms with van der Waals surface area (Å²) in [4.78, 5) is 38.2. The predicted octanol–water partition coefficient (Wildman–Crippen LogP) is 3.24. The maximum absolute atomic E-state index is 13.4. The minimum absolute atomic E-state index is 0.0880. The van der Waals surface area contributed by atoms with E-state index in [1.165, 1.54) is 19.2 Å². The van der Waals surface area contributed by atoms with Crippen molar-refractivity contribution in [3.63, 3.8) is 0 Å². The molecule has 1 aromatic carbocycles. The summed E-state index contributed by atoms with van der Waals surface area (Å²) in [5.74, 6) is 0.132. The van der Waals surface area contributed by atoms with Crippen LogP contribution in [0.25, 0.3) is 11.4 Å². The molecule has 2 aromatic heterocycles. The number of rotatable bonds is 9. The van der Waals surface area contributed by atoms with Crippen LogP contribution in [0.3, 0.4) is 0 Å². The van der Waals surface area contributed by atoms with E-state index < -0.39 is 5.91 Å². The summed E-state index contributed by atoms with van der Waals surface area (Å²) in [6, 6.07) is 10.7. The number of anilines is 1. The molecule has 1 aliphatic carbocycles. The van der Waals surface area contributed by atoms with Gasteiger partial charge < -0.3 is 20.1 Å². The molecule has 0 aliphatic heterocycles. The SMILES string of the molecule is COCC(=O)Nc1ccc(-c2ncccn2)c(C(=O)N[C@H]2CCC[C@@H]2COc2ccc(F)cc2)n1. The van der Waals surface area contributed by atoms with E-state index in [1.807, 2.05) is 0 Å². The highest BCUT2D eigenvalue weighted by Gasteiger charge is 2.31. The Kier molecular flexibility index (Phi) is 7.94. The van der Waals surface area contributed by atoms with Crippen molar-refractivity contribution in [1.29, 1.82) is 0 Å². The second kappa shape index (κ2) is 11.5. The van der Waals surface area contributed by atoms with Gasteiger partial charge in [-0.3, -0.25) is 9.59 Å². The number of amides is 2. The maximum Gasteiger partial charge on any atom is 0.270 e. The number of pyridine rings is 1. The Labute approximate surface area is 202 Å². The monoisotopic (exact) mass is 479 g/mol. The van der Waals surface area contributed by atoms with Gasteiger partial charge in [0.15, 0.2) is 5.82 Å². The van der Waals surface area contributed by atoms with Crippen molar-refractivity contribution in [2.24, 2.45) is 5.92 Å². The van der Waals surface area contributed by atoms with Gasteiger partial charge in [-0.25, -0.2) is 19.3 Å². The van der Waals surface area contributed by atoms with Crippen LogP contribution in [0.5, 0.6) is 5.75 Å². The molecule has 0 radical (unpaired) electrons. The van der Waals surface area contributed by atoms with E-state index in [-0.39, 0.29) is 41.8 Å². The fraction of sp³-hybridized carbons (Fsp3) is 0.320. The molecule has 10 heteroatoms. The number of carbonyl (C=O) groups excluding carboxylic acids is 2. The lowest BCUT2D eigenvalue weighted by Crippen LogP contribution is -2.40. The van der Waals surface area contributed by atoms with E-state index in [1.54, 1.807) is 42.7 Å². The highest BCUT2D eigenvalue weighted by molar-refractivity contribution is 5.99. The number of hydrogen-bond acceptors (Lipinski definition) is 7. The minimum Gasteiger partial charge on any atom is -0.493 e. The topological polar surface area (TPSA) is 115 Å². The van der Waals surface area contributed by atoms with Crippen molar-refractivity contribution in [2.45, 2.75) is 25.3 Å². The van der Waals surface area contributed by atoms with Gasteiger partial charge in [0.25, 0.3) is 11.8 Å². The molecular formula is C25H26FN5O4. The third-order valence-corrected chi connectivity index (χ3v) is 5.71. The summed E-state index contributed by atoms with van der Waals surface area (Å²) in [6.07, 6.45) is 5.79. The number of aromatic nitrogens is 3. The number of ether oxygens (including phenoxy) is 2. The van der Waals surface area contributed by atoms with Crippen LogP contribution >= 0.6 is 0 Å². The molecule has 1 saturated carbocycles. The summed E-state index contributed by atoms with van der Waals surface area (Å²) >= 11 is 0. The van der Waals surface area contributed by atoms with Gasteiger partial charge in [-0.2, -0.15) is 0 Å². The number of hydrogen-bond donors (Lipinski definition) is 2. The smallest absolute Gasteiger partial charge is 0.270 e. The molecule has 0 spiro atoms. The molecular weight excluding hydrogens is 453 g/mol. The van der Waals surface area contributed by atoms with E-state index in [2.05, 4.69) is 25.6 Å². The number of methoxy groups -OCH3 is 1. The Morgan fingerprint density at radius 3 is 2.60 bits per heavy atom.